The van der Waals surface area contributed by atoms with Gasteiger partial charge in [-0.1, -0.05) is 18.2 Å². The van der Waals surface area contributed by atoms with Crippen LogP contribution >= 0.6 is 0 Å². The minimum Gasteiger partial charge on any atom is -0.478 e. The van der Waals surface area contributed by atoms with E-state index < -0.39 is 16.8 Å². The van der Waals surface area contributed by atoms with E-state index in [9.17, 15) is 9.00 Å². The second-order valence-electron chi connectivity index (χ2n) is 2.68. The molecule has 0 saturated heterocycles. The van der Waals surface area contributed by atoms with Gasteiger partial charge in [-0.2, -0.15) is 0 Å². The van der Waals surface area contributed by atoms with Gasteiger partial charge in [-0.05, 0) is 11.6 Å². The molecule has 1 aromatic carbocycles. The van der Waals surface area contributed by atoms with Crippen LogP contribution in [0.15, 0.2) is 24.3 Å². The molecule has 0 aromatic heterocycles. The number of hydrogen-bond acceptors (Lipinski definition) is 2. The molecule has 0 bridgehead atoms. The lowest BCUT2D eigenvalue weighted by atomic mass is 10.1. The Hall–Kier alpha value is -1.16. The van der Waals surface area contributed by atoms with Gasteiger partial charge in [0.15, 0.2) is 0 Å². The van der Waals surface area contributed by atoms with Gasteiger partial charge in [-0.3, -0.25) is 4.21 Å². The van der Waals surface area contributed by atoms with Gasteiger partial charge < -0.3 is 5.11 Å². The third-order valence-electron chi connectivity index (χ3n) is 1.61. The van der Waals surface area contributed by atoms with E-state index in [1.165, 1.54) is 6.07 Å². The van der Waals surface area contributed by atoms with Gasteiger partial charge in [0, 0.05) is 22.8 Å². The topological polar surface area (TPSA) is 54.4 Å². The highest BCUT2D eigenvalue weighted by molar-refractivity contribution is 7.83. The lowest BCUT2D eigenvalue weighted by molar-refractivity contribution is 0.0696. The minimum absolute atomic E-state index is 0.234. The molecular formula is C9H10O3S. The monoisotopic (exact) mass is 198 g/mol. The standard InChI is InChI=1S/C9H10O3S/c1-13(12)6-7-4-2-3-5-8(7)9(10)11/h2-5H,6H2,1H3,(H,10,11). The number of carboxylic acid groups (broad SMARTS) is 1. The molecule has 13 heavy (non-hydrogen) atoms. The second kappa shape index (κ2) is 4.18. The van der Waals surface area contributed by atoms with Crippen LogP contribution in [-0.4, -0.2) is 21.5 Å². The van der Waals surface area contributed by atoms with Crippen molar-refractivity contribution in [3.63, 3.8) is 0 Å². The van der Waals surface area contributed by atoms with E-state index in [0.717, 1.165) is 0 Å². The van der Waals surface area contributed by atoms with E-state index in [1.807, 2.05) is 0 Å². The molecule has 70 valence electrons. The Morgan fingerprint density at radius 2 is 2.08 bits per heavy atom. The summed E-state index contributed by atoms with van der Waals surface area (Å²) in [7, 11) is -1.01. The largest absolute Gasteiger partial charge is 0.478 e. The molecule has 0 radical (unpaired) electrons. The number of aromatic carboxylic acids is 1. The number of carbonyl (C=O) groups is 1. The summed E-state index contributed by atoms with van der Waals surface area (Å²) in [6.45, 7) is 0. The molecule has 0 fully saturated rings. The van der Waals surface area contributed by atoms with E-state index in [2.05, 4.69) is 0 Å². The molecule has 0 saturated carbocycles. The highest BCUT2D eigenvalue weighted by Gasteiger charge is 2.09. The van der Waals surface area contributed by atoms with E-state index in [-0.39, 0.29) is 5.56 Å². The van der Waals surface area contributed by atoms with E-state index in [0.29, 0.717) is 11.3 Å². The fraction of sp³-hybridized carbons (Fsp3) is 0.222. The normalized spacial score (nSPS) is 12.4. The Balaban J connectivity index is 3.04. The first-order valence-electron chi connectivity index (χ1n) is 3.72. The van der Waals surface area contributed by atoms with Crippen molar-refractivity contribution in [2.45, 2.75) is 5.75 Å². The smallest absolute Gasteiger partial charge is 0.335 e. The summed E-state index contributed by atoms with van der Waals surface area (Å²) in [6.07, 6.45) is 1.55. The van der Waals surface area contributed by atoms with E-state index >= 15 is 0 Å². The maximum atomic E-state index is 10.9. The first kappa shape index (κ1) is 9.92. The van der Waals surface area contributed by atoms with Gasteiger partial charge >= 0.3 is 5.97 Å². The lowest BCUT2D eigenvalue weighted by Gasteiger charge is -2.02. The summed E-state index contributed by atoms with van der Waals surface area (Å²) in [4.78, 5) is 10.7. The zero-order valence-electron chi connectivity index (χ0n) is 7.19. The van der Waals surface area contributed by atoms with Crippen molar-refractivity contribution in [1.29, 1.82) is 0 Å². The van der Waals surface area contributed by atoms with Crippen LogP contribution in [-0.2, 0) is 16.6 Å². The highest BCUT2D eigenvalue weighted by Crippen LogP contribution is 2.10. The van der Waals surface area contributed by atoms with Crippen molar-refractivity contribution < 1.29 is 14.1 Å². The summed E-state index contributed by atoms with van der Waals surface area (Å²) < 4.78 is 10.9. The van der Waals surface area contributed by atoms with Gasteiger partial charge in [0.2, 0.25) is 0 Å². The molecule has 0 aliphatic heterocycles. The first-order valence-corrected chi connectivity index (χ1v) is 5.45. The summed E-state index contributed by atoms with van der Waals surface area (Å²) in [5, 5.41) is 8.78. The number of hydrogen-bond donors (Lipinski definition) is 1. The number of carboxylic acids is 1. The van der Waals surface area contributed by atoms with Crippen molar-refractivity contribution in [2.24, 2.45) is 0 Å². The Morgan fingerprint density at radius 1 is 1.46 bits per heavy atom. The Labute approximate surface area is 78.9 Å². The van der Waals surface area contributed by atoms with Crippen LogP contribution in [0.2, 0.25) is 0 Å². The molecular weight excluding hydrogens is 188 g/mol. The minimum atomic E-state index is -1.01. The summed E-state index contributed by atoms with van der Waals surface area (Å²) in [5.74, 6) is -0.677. The molecule has 1 atom stereocenters. The van der Waals surface area contributed by atoms with Gasteiger partial charge in [-0.15, -0.1) is 0 Å². The average molecular weight is 198 g/mol. The number of rotatable bonds is 3. The van der Waals surface area contributed by atoms with Crippen molar-refractivity contribution >= 4 is 16.8 Å². The fourth-order valence-electron chi connectivity index (χ4n) is 1.07. The van der Waals surface area contributed by atoms with Gasteiger partial charge in [0.1, 0.15) is 0 Å². The third-order valence-corrected chi connectivity index (χ3v) is 2.32. The molecule has 0 spiro atoms. The van der Waals surface area contributed by atoms with Crippen molar-refractivity contribution in [1.82, 2.24) is 0 Å². The summed E-state index contributed by atoms with van der Waals surface area (Å²) in [5.41, 5.74) is 0.855. The predicted octanol–water partition coefficient (Wildman–Crippen LogP) is 1.26. The Morgan fingerprint density at radius 3 is 2.62 bits per heavy atom. The van der Waals surface area contributed by atoms with E-state index in [4.69, 9.17) is 5.11 Å². The van der Waals surface area contributed by atoms with Crippen LogP contribution in [0.1, 0.15) is 15.9 Å². The molecule has 1 aromatic rings. The Bertz CT molecular complexity index is 346. The molecule has 3 nitrogen and oxygen atoms in total. The zero-order valence-corrected chi connectivity index (χ0v) is 8.00. The summed E-state index contributed by atoms with van der Waals surface area (Å²) >= 11 is 0. The van der Waals surface area contributed by atoms with Crippen LogP contribution in [0.5, 0.6) is 0 Å². The van der Waals surface area contributed by atoms with Gasteiger partial charge in [0.05, 0.1) is 5.56 Å². The quantitative estimate of drug-likeness (QED) is 0.795. The van der Waals surface area contributed by atoms with Gasteiger partial charge in [-0.25, -0.2) is 4.79 Å². The predicted molar refractivity (Wildman–Crippen MR) is 51.2 cm³/mol. The maximum Gasteiger partial charge on any atom is 0.335 e. The third kappa shape index (κ3) is 2.66. The average Bonchev–Trinajstić information content (AvgIpc) is 2.03. The zero-order chi connectivity index (χ0) is 9.84. The molecule has 1 N–H and O–H groups in total. The maximum absolute atomic E-state index is 10.9. The molecule has 1 unspecified atom stereocenters. The lowest BCUT2D eigenvalue weighted by Crippen LogP contribution is -2.03. The fourth-order valence-corrected chi connectivity index (χ4v) is 1.76. The summed E-state index contributed by atoms with van der Waals surface area (Å²) in [6, 6.07) is 6.61. The molecule has 0 aliphatic carbocycles. The first-order chi connectivity index (χ1) is 6.11. The molecule has 0 amide bonds. The van der Waals surface area contributed by atoms with E-state index in [1.54, 1.807) is 24.5 Å². The SMILES string of the molecule is CS(=O)Cc1ccccc1C(=O)O. The van der Waals surface area contributed by atoms with Crippen molar-refractivity contribution in [2.75, 3.05) is 6.26 Å². The van der Waals surface area contributed by atoms with Crippen LogP contribution in [0, 0.1) is 0 Å². The highest BCUT2D eigenvalue weighted by atomic mass is 32.2. The van der Waals surface area contributed by atoms with Crippen LogP contribution in [0.3, 0.4) is 0 Å². The van der Waals surface area contributed by atoms with Crippen molar-refractivity contribution in [3.05, 3.63) is 35.4 Å². The van der Waals surface area contributed by atoms with Crippen LogP contribution in [0.4, 0.5) is 0 Å². The molecule has 1 rings (SSSR count). The molecule has 0 heterocycles. The molecule has 4 heteroatoms. The molecule has 0 aliphatic rings. The van der Waals surface area contributed by atoms with Gasteiger partial charge in [0.25, 0.3) is 0 Å². The van der Waals surface area contributed by atoms with Crippen LogP contribution in [0.25, 0.3) is 0 Å². The van der Waals surface area contributed by atoms with Crippen molar-refractivity contribution in [3.8, 4) is 0 Å². The Kier molecular flexibility index (Phi) is 3.19. The number of benzene rings is 1. The van der Waals surface area contributed by atoms with Crippen LogP contribution < -0.4 is 0 Å². The second-order valence-corrected chi connectivity index (χ2v) is 4.11.